The second-order valence-electron chi connectivity index (χ2n) is 15.8. The van der Waals surface area contributed by atoms with Crippen LogP contribution in [0, 0.1) is 0 Å². The van der Waals surface area contributed by atoms with Crippen molar-refractivity contribution in [2.45, 2.75) is 14.9 Å². The first kappa shape index (κ1) is 45.5. The van der Waals surface area contributed by atoms with Gasteiger partial charge in [-0.25, -0.2) is 0 Å². The number of fused-ring (bicyclic) bond motifs is 3. The van der Waals surface area contributed by atoms with Gasteiger partial charge < -0.3 is 13.7 Å². The average molecular weight is 888 g/mol. The summed E-state index contributed by atoms with van der Waals surface area (Å²) in [6.07, 6.45) is 0. The molecule has 0 N–H and O–H groups in total. The van der Waals surface area contributed by atoms with Crippen LogP contribution in [0.25, 0.3) is 27.5 Å². The van der Waals surface area contributed by atoms with Gasteiger partial charge in [0.05, 0.1) is 11.0 Å². The first-order valence-corrected chi connectivity index (χ1v) is 27.2. The minimum Gasteiger partial charge on any atom is -0.314 e. The van der Waals surface area contributed by atoms with E-state index in [9.17, 15) is 9.13 Å². The van der Waals surface area contributed by atoms with E-state index < -0.39 is 22.4 Å². The van der Waals surface area contributed by atoms with E-state index in [1.165, 1.54) is 20.7 Å². The van der Waals surface area contributed by atoms with E-state index >= 15 is 0 Å². The van der Waals surface area contributed by atoms with Crippen LogP contribution in [0.1, 0.15) is 14.9 Å². The molecule has 9 aromatic carbocycles. The Hall–Kier alpha value is -6.54. The van der Waals surface area contributed by atoms with Crippen molar-refractivity contribution >= 4 is 86.1 Å². The molecule has 0 radical (unpaired) electrons. The Morgan fingerprint density at radius 2 is 0.641 bits per heavy atom. The molecule has 0 aliphatic rings. The molecule has 64 heavy (non-hydrogen) atoms. The van der Waals surface area contributed by atoms with Crippen LogP contribution in [0.4, 0.5) is 0 Å². The number of aromatic nitrogens is 1. The van der Waals surface area contributed by atoms with Crippen LogP contribution >= 0.6 is 14.3 Å². The summed E-state index contributed by atoms with van der Waals surface area (Å²) in [7, 11) is -7.97. The molecule has 1 unspecified atom stereocenters. The lowest BCUT2D eigenvalue weighted by molar-refractivity contribution is 0.589. The van der Waals surface area contributed by atoms with Crippen molar-refractivity contribution in [3.8, 4) is 5.69 Å². The molecule has 0 saturated heterocycles. The molecule has 1 atom stereocenters. The van der Waals surface area contributed by atoms with E-state index in [0.29, 0.717) is 0 Å². The van der Waals surface area contributed by atoms with Crippen molar-refractivity contribution < 1.29 is 9.13 Å². The summed E-state index contributed by atoms with van der Waals surface area (Å²) < 4.78 is 29.4. The predicted molar refractivity (Wildman–Crippen MR) is 283 cm³/mol. The van der Waals surface area contributed by atoms with Gasteiger partial charge in [-0.2, -0.15) is 0 Å². The maximum absolute atomic E-state index is 14.5. The molecule has 0 spiro atoms. The molecule has 10 rings (SSSR count). The summed E-state index contributed by atoms with van der Waals surface area (Å²) in [4.78, 5) is 0. The van der Waals surface area contributed by atoms with Gasteiger partial charge in [-0.1, -0.05) is 227 Å². The Kier molecular flexibility index (Phi) is 13.8. The molecular formula is C58H55NO2P2Si. The Balaban J connectivity index is 0.000000307. The molecule has 318 valence electrons. The van der Waals surface area contributed by atoms with Crippen molar-refractivity contribution in [1.29, 1.82) is 0 Å². The van der Waals surface area contributed by atoms with Gasteiger partial charge in [0.15, 0.2) is 8.07 Å². The number of rotatable bonds is 9. The second kappa shape index (κ2) is 19.5. The summed E-state index contributed by atoms with van der Waals surface area (Å²) in [6.45, 7) is 3.71. The largest absolute Gasteiger partial charge is 0.314 e. The highest BCUT2D eigenvalue weighted by molar-refractivity contribution is 7.78. The molecule has 6 heteroatoms. The second-order valence-corrected chi connectivity index (χ2v) is 25.4. The van der Waals surface area contributed by atoms with Gasteiger partial charge in [0.1, 0.15) is 14.3 Å². The monoisotopic (exact) mass is 887 g/mol. The number of hydrogen-bond donors (Lipinski definition) is 0. The van der Waals surface area contributed by atoms with Crippen LogP contribution in [0.2, 0.25) is 0 Å². The third-order valence-corrected chi connectivity index (χ3v) is 21.9. The van der Waals surface area contributed by atoms with Crippen molar-refractivity contribution in [3.63, 3.8) is 0 Å². The van der Waals surface area contributed by atoms with Crippen molar-refractivity contribution in [2.75, 3.05) is 13.3 Å². The number of hydrogen-bond acceptors (Lipinski definition) is 2. The van der Waals surface area contributed by atoms with E-state index in [1.807, 2.05) is 104 Å². The van der Waals surface area contributed by atoms with Crippen LogP contribution in [0.3, 0.4) is 0 Å². The van der Waals surface area contributed by atoms with Crippen molar-refractivity contribution in [2.24, 2.45) is 0 Å². The first-order valence-electron chi connectivity index (χ1n) is 20.9. The van der Waals surface area contributed by atoms with Gasteiger partial charge >= 0.3 is 0 Å². The molecule has 10 aromatic rings. The van der Waals surface area contributed by atoms with Gasteiger partial charge in [0, 0.05) is 37.7 Å². The topological polar surface area (TPSA) is 39.1 Å². The summed E-state index contributed by atoms with van der Waals surface area (Å²) in [5.74, 6) is 0. The quantitative estimate of drug-likeness (QED) is 0.0823. The number of nitrogens with zero attached hydrogens (tertiary/aromatic N) is 1. The van der Waals surface area contributed by atoms with E-state index in [4.69, 9.17) is 0 Å². The first-order chi connectivity index (χ1) is 30.3. The molecular weight excluding hydrogens is 833 g/mol. The molecule has 1 aromatic heterocycles. The van der Waals surface area contributed by atoms with Crippen LogP contribution in [0.15, 0.2) is 249 Å². The van der Waals surface area contributed by atoms with Crippen LogP contribution in [0.5, 0.6) is 0 Å². The third-order valence-electron chi connectivity index (χ3n) is 12.1. The lowest BCUT2D eigenvalue weighted by Crippen LogP contribution is -2.74. The van der Waals surface area contributed by atoms with Gasteiger partial charge in [-0.15, -0.1) is 0 Å². The Morgan fingerprint density at radius 3 is 1.03 bits per heavy atom. The van der Waals surface area contributed by atoms with Gasteiger partial charge in [-0.05, 0) is 70.5 Å². The van der Waals surface area contributed by atoms with Crippen LogP contribution in [-0.4, -0.2) is 26.0 Å². The molecule has 0 aliphatic carbocycles. The molecule has 0 aliphatic heterocycles. The number of para-hydroxylation sites is 1. The smallest absolute Gasteiger partial charge is 0.179 e. The highest BCUT2D eigenvalue weighted by Crippen LogP contribution is 2.41. The van der Waals surface area contributed by atoms with E-state index in [1.54, 1.807) is 0 Å². The molecule has 0 bridgehead atoms. The normalized spacial score (nSPS) is 12.2. The average Bonchev–Trinajstić information content (AvgIpc) is 3.67. The molecule has 1 heterocycles. The summed E-state index contributed by atoms with van der Waals surface area (Å²) >= 11 is 0. The minimum absolute atomic E-state index is 0. The van der Waals surface area contributed by atoms with Crippen molar-refractivity contribution in [1.82, 2.24) is 4.57 Å². The third kappa shape index (κ3) is 8.46. The lowest BCUT2D eigenvalue weighted by atomic mass is 10.1. The summed E-state index contributed by atoms with van der Waals surface area (Å²) in [5.41, 5.74) is 3.34. The predicted octanol–water partition coefficient (Wildman–Crippen LogP) is 11.0. The maximum Gasteiger partial charge on any atom is 0.179 e. The zero-order valence-corrected chi connectivity index (χ0v) is 37.6. The molecule has 0 amide bonds. The van der Waals surface area contributed by atoms with Crippen LogP contribution in [-0.2, 0) is 9.13 Å². The van der Waals surface area contributed by atoms with E-state index in [-0.39, 0.29) is 14.9 Å². The van der Waals surface area contributed by atoms with Gasteiger partial charge in [0.2, 0.25) is 0 Å². The standard InChI is InChI=1S/C43H34NOPSi.C13H13OP.2CH4/c1-46(45,34-19-9-3-10-20-34)35-27-29-42-40(31-35)41-32-39(28-30-43(41)44(42)33-17-7-2-8-18-33)47(36-21-11-4-12-22-36,37-23-13-5-14-24-37)38-25-15-6-16-26-38;1-15(14,12-8-4-2-5-9-12)13-10-6-3-7-11-13;;/h2-32H,1H3;2-11H,1H3;2*1H4. The molecule has 0 saturated carbocycles. The fourth-order valence-electron chi connectivity index (χ4n) is 8.87. The molecule has 3 nitrogen and oxygen atoms in total. The van der Waals surface area contributed by atoms with E-state index in [2.05, 4.69) is 162 Å². The van der Waals surface area contributed by atoms with E-state index in [0.717, 1.165) is 48.7 Å². The summed E-state index contributed by atoms with van der Waals surface area (Å²) in [5, 5.41) is 11.2. The zero-order chi connectivity index (χ0) is 42.6. The maximum atomic E-state index is 14.5. The Labute approximate surface area is 380 Å². The SMILES string of the molecule is C.C.CP(=O)(c1ccccc1)c1ccc2c(c1)c1cc([Si](c3ccccc3)(c3ccccc3)c3ccccc3)ccc1n2-c1ccccc1.CP(=O)(c1ccccc1)c1ccccc1. The lowest BCUT2D eigenvalue weighted by Gasteiger charge is -2.34. The van der Waals surface area contributed by atoms with Gasteiger partial charge in [0.25, 0.3) is 0 Å². The Bertz CT molecular complexity index is 3040. The number of benzene rings is 9. The Morgan fingerprint density at radius 1 is 0.328 bits per heavy atom. The van der Waals surface area contributed by atoms with Crippen LogP contribution < -0.4 is 42.0 Å². The fourth-order valence-corrected chi connectivity index (χ4v) is 17.2. The molecule has 0 fully saturated rings. The summed E-state index contributed by atoms with van der Waals surface area (Å²) in [6, 6.07) is 86.3. The highest BCUT2D eigenvalue weighted by atomic mass is 31.2. The fraction of sp³-hybridized carbons (Fsp3) is 0.0690. The highest BCUT2D eigenvalue weighted by Gasteiger charge is 2.41. The zero-order valence-electron chi connectivity index (χ0n) is 34.8. The van der Waals surface area contributed by atoms with Gasteiger partial charge in [-0.3, -0.25) is 0 Å². The minimum atomic E-state index is -2.83. The van der Waals surface area contributed by atoms with Crippen molar-refractivity contribution in [3.05, 3.63) is 249 Å².